The minimum atomic E-state index is -0.159. The van der Waals surface area contributed by atoms with E-state index in [1.54, 1.807) is 9.58 Å². The van der Waals surface area contributed by atoms with Crippen LogP contribution in [0.15, 0.2) is 35.9 Å². The van der Waals surface area contributed by atoms with Crippen molar-refractivity contribution in [2.45, 2.75) is 64.2 Å². The second-order valence-electron chi connectivity index (χ2n) is 9.63. The quantitative estimate of drug-likeness (QED) is 0.608. The summed E-state index contributed by atoms with van der Waals surface area (Å²) < 4.78 is 7.79. The molecule has 2 amide bonds. The second-order valence-corrected chi connectivity index (χ2v) is 10.1. The molecule has 3 aliphatic rings. The number of hydrogen-bond acceptors (Lipinski definition) is 5. The number of fused-ring (bicyclic) bond motifs is 1. The molecule has 1 atom stereocenters. The van der Waals surface area contributed by atoms with E-state index in [9.17, 15) is 9.59 Å². The summed E-state index contributed by atoms with van der Waals surface area (Å²) in [5.74, 6) is -0.0732. The molecular formula is C26H32ClN5O3. The van der Waals surface area contributed by atoms with Crippen LogP contribution >= 0.6 is 11.6 Å². The highest BCUT2D eigenvalue weighted by molar-refractivity contribution is 6.30. The molecule has 0 bridgehead atoms. The molecule has 2 aromatic rings. The molecule has 1 aromatic heterocycles. The van der Waals surface area contributed by atoms with E-state index in [2.05, 4.69) is 21.7 Å². The maximum absolute atomic E-state index is 13.2. The van der Waals surface area contributed by atoms with Gasteiger partial charge in [-0.3, -0.25) is 9.59 Å². The Balaban J connectivity index is 1.12. The molecular weight excluding hydrogens is 466 g/mol. The third-order valence-electron chi connectivity index (χ3n) is 7.33. The normalized spacial score (nSPS) is 20.8. The number of benzene rings is 1. The standard InChI is InChI=1S/C26H32ClN5O3/c27-21-8-6-19(7-9-21)23-16-32-22(17-35-23)24(29-30-32)26(34)31-14-11-20(12-15-31)25(33)28-13-10-18-4-2-1-3-5-18/h4,6-9,20,23H,1-3,5,10-17H2,(H,28,33)/t23-/m0/s1. The fourth-order valence-electron chi connectivity index (χ4n) is 5.17. The number of nitrogens with one attached hydrogen (secondary N) is 1. The van der Waals surface area contributed by atoms with Crippen LogP contribution < -0.4 is 5.32 Å². The Bertz CT molecular complexity index is 1090. The first-order valence-corrected chi connectivity index (χ1v) is 13.0. The third kappa shape index (κ3) is 5.59. The van der Waals surface area contributed by atoms with E-state index >= 15 is 0 Å². The lowest BCUT2D eigenvalue weighted by molar-refractivity contribution is -0.126. The average molecular weight is 498 g/mol. The molecule has 1 aromatic carbocycles. The maximum atomic E-state index is 13.2. The van der Waals surface area contributed by atoms with Crippen LogP contribution in [0.2, 0.25) is 5.02 Å². The largest absolute Gasteiger partial charge is 0.365 e. The Morgan fingerprint density at radius 1 is 1.14 bits per heavy atom. The van der Waals surface area contributed by atoms with Crippen molar-refractivity contribution < 1.29 is 14.3 Å². The first-order valence-electron chi connectivity index (χ1n) is 12.6. The SMILES string of the molecule is O=C(NCCC1=CCCCC1)C1CCN(C(=O)c2nnn3c2CO[C@H](c2ccc(Cl)cc2)C3)CC1. The summed E-state index contributed by atoms with van der Waals surface area (Å²) in [6.45, 7) is 2.56. The Morgan fingerprint density at radius 3 is 2.69 bits per heavy atom. The molecule has 1 aliphatic carbocycles. The number of halogens is 1. The molecule has 1 N–H and O–H groups in total. The fraction of sp³-hybridized carbons (Fsp3) is 0.538. The molecule has 3 heterocycles. The zero-order valence-corrected chi connectivity index (χ0v) is 20.7. The highest BCUT2D eigenvalue weighted by Gasteiger charge is 2.33. The lowest BCUT2D eigenvalue weighted by Gasteiger charge is -2.31. The summed E-state index contributed by atoms with van der Waals surface area (Å²) >= 11 is 5.99. The minimum absolute atomic E-state index is 0.0445. The summed E-state index contributed by atoms with van der Waals surface area (Å²) in [6.07, 6.45) is 9.31. The van der Waals surface area contributed by atoms with Gasteiger partial charge < -0.3 is 15.0 Å². The van der Waals surface area contributed by atoms with Crippen LogP contribution in [0.5, 0.6) is 0 Å². The van der Waals surface area contributed by atoms with E-state index in [-0.39, 0.29) is 30.4 Å². The number of ether oxygens (including phenoxy) is 1. The minimum Gasteiger partial charge on any atom is -0.365 e. The highest BCUT2D eigenvalue weighted by atomic mass is 35.5. The first kappa shape index (κ1) is 24.0. The Labute approximate surface area is 210 Å². The number of carbonyl (C=O) groups excluding carboxylic acids is 2. The van der Waals surface area contributed by atoms with Gasteiger partial charge in [0.05, 0.1) is 18.8 Å². The van der Waals surface area contributed by atoms with Crippen molar-refractivity contribution in [2.75, 3.05) is 19.6 Å². The molecule has 5 rings (SSSR count). The van der Waals surface area contributed by atoms with E-state index in [4.69, 9.17) is 16.3 Å². The van der Waals surface area contributed by atoms with Crippen LogP contribution in [0.4, 0.5) is 0 Å². The van der Waals surface area contributed by atoms with Gasteiger partial charge in [0.15, 0.2) is 5.69 Å². The number of likely N-dealkylation sites (tertiary alicyclic amines) is 1. The zero-order chi connectivity index (χ0) is 24.2. The van der Waals surface area contributed by atoms with Crippen LogP contribution in [0, 0.1) is 5.92 Å². The molecule has 35 heavy (non-hydrogen) atoms. The summed E-state index contributed by atoms with van der Waals surface area (Å²) in [7, 11) is 0. The van der Waals surface area contributed by atoms with E-state index in [0.29, 0.717) is 55.4 Å². The number of nitrogens with zero attached hydrogens (tertiary/aromatic N) is 4. The maximum Gasteiger partial charge on any atom is 0.276 e. The van der Waals surface area contributed by atoms with Crippen LogP contribution in [-0.4, -0.2) is 51.3 Å². The molecule has 1 fully saturated rings. The summed E-state index contributed by atoms with van der Waals surface area (Å²) in [5.41, 5.74) is 3.54. The highest BCUT2D eigenvalue weighted by Crippen LogP contribution is 2.29. The number of hydrogen-bond donors (Lipinski definition) is 1. The Morgan fingerprint density at radius 2 is 1.94 bits per heavy atom. The predicted molar refractivity (Wildman–Crippen MR) is 132 cm³/mol. The number of aromatic nitrogens is 3. The van der Waals surface area contributed by atoms with Crippen LogP contribution in [0.25, 0.3) is 0 Å². The molecule has 9 heteroatoms. The van der Waals surface area contributed by atoms with Crippen molar-refractivity contribution in [3.05, 3.63) is 57.9 Å². The molecule has 0 saturated carbocycles. The van der Waals surface area contributed by atoms with E-state index < -0.39 is 0 Å². The van der Waals surface area contributed by atoms with Gasteiger partial charge in [-0.2, -0.15) is 0 Å². The fourth-order valence-corrected chi connectivity index (χ4v) is 5.30. The number of piperidine rings is 1. The van der Waals surface area contributed by atoms with Crippen LogP contribution in [-0.2, 0) is 22.7 Å². The lowest BCUT2D eigenvalue weighted by Crippen LogP contribution is -2.43. The van der Waals surface area contributed by atoms with Gasteiger partial charge in [0.25, 0.3) is 5.91 Å². The summed E-state index contributed by atoms with van der Waals surface area (Å²) in [5, 5.41) is 12.2. The smallest absolute Gasteiger partial charge is 0.276 e. The Hall–Kier alpha value is -2.71. The first-order chi connectivity index (χ1) is 17.1. The molecule has 186 valence electrons. The van der Waals surface area contributed by atoms with Crippen molar-refractivity contribution in [3.63, 3.8) is 0 Å². The van der Waals surface area contributed by atoms with Crippen molar-refractivity contribution in [1.29, 1.82) is 0 Å². The van der Waals surface area contributed by atoms with Crippen molar-refractivity contribution >= 4 is 23.4 Å². The van der Waals surface area contributed by atoms with Crippen LogP contribution in [0.3, 0.4) is 0 Å². The number of amides is 2. The van der Waals surface area contributed by atoms with Crippen molar-refractivity contribution in [1.82, 2.24) is 25.2 Å². The van der Waals surface area contributed by atoms with Gasteiger partial charge in [0.2, 0.25) is 5.91 Å². The second kappa shape index (κ2) is 10.9. The number of rotatable bonds is 6. The summed E-state index contributed by atoms with van der Waals surface area (Å²) in [6, 6.07) is 7.55. The summed E-state index contributed by atoms with van der Waals surface area (Å²) in [4.78, 5) is 27.6. The Kier molecular flexibility index (Phi) is 7.48. The third-order valence-corrected chi connectivity index (χ3v) is 7.58. The zero-order valence-electron chi connectivity index (χ0n) is 19.9. The van der Waals surface area contributed by atoms with Gasteiger partial charge in [0, 0.05) is 30.6 Å². The molecule has 0 spiro atoms. The lowest BCUT2D eigenvalue weighted by atomic mass is 9.95. The van der Waals surface area contributed by atoms with E-state index in [1.165, 1.54) is 24.8 Å². The van der Waals surface area contributed by atoms with Gasteiger partial charge in [-0.1, -0.05) is 40.6 Å². The van der Waals surface area contributed by atoms with Gasteiger partial charge in [-0.15, -0.1) is 5.10 Å². The number of carbonyl (C=O) groups is 2. The molecule has 2 aliphatic heterocycles. The molecule has 1 saturated heterocycles. The van der Waals surface area contributed by atoms with Gasteiger partial charge >= 0.3 is 0 Å². The van der Waals surface area contributed by atoms with Crippen molar-refractivity contribution in [2.24, 2.45) is 5.92 Å². The van der Waals surface area contributed by atoms with E-state index in [1.807, 2.05) is 24.3 Å². The van der Waals surface area contributed by atoms with Crippen LogP contribution in [0.1, 0.15) is 72.8 Å². The molecule has 0 unspecified atom stereocenters. The monoisotopic (exact) mass is 497 g/mol. The average Bonchev–Trinajstić information content (AvgIpc) is 3.33. The molecule has 0 radical (unpaired) electrons. The van der Waals surface area contributed by atoms with Gasteiger partial charge in [0.1, 0.15) is 6.10 Å². The number of allylic oxidation sites excluding steroid dienone is 1. The van der Waals surface area contributed by atoms with Gasteiger partial charge in [-0.05, 0) is 62.6 Å². The predicted octanol–water partition coefficient (Wildman–Crippen LogP) is 4.06. The topological polar surface area (TPSA) is 89.4 Å². The van der Waals surface area contributed by atoms with Crippen molar-refractivity contribution in [3.8, 4) is 0 Å². The van der Waals surface area contributed by atoms with Gasteiger partial charge in [-0.25, -0.2) is 4.68 Å². The van der Waals surface area contributed by atoms with E-state index in [0.717, 1.165) is 18.4 Å². The molecule has 8 nitrogen and oxygen atoms in total.